The number of aromatic amines is 1. The third kappa shape index (κ3) is 7.29. The van der Waals surface area contributed by atoms with Crippen molar-refractivity contribution in [1.29, 1.82) is 5.26 Å². The van der Waals surface area contributed by atoms with E-state index in [9.17, 15) is 34.0 Å². The number of nitrogens with zero attached hydrogens (tertiary/aromatic N) is 4. The summed E-state index contributed by atoms with van der Waals surface area (Å²) in [6.45, 7) is 13.5. The number of hydrogen-bond donors (Lipinski definition) is 4. The van der Waals surface area contributed by atoms with Crippen LogP contribution < -0.4 is 31.5 Å². The maximum Gasteiger partial charge on any atom is 0.221 e. The zero-order chi connectivity index (χ0) is 45.4. The summed E-state index contributed by atoms with van der Waals surface area (Å²) < 4.78 is 1.42. The van der Waals surface area contributed by atoms with Gasteiger partial charge in [0.1, 0.15) is 39.9 Å². The van der Waals surface area contributed by atoms with Crippen molar-refractivity contribution in [2.24, 2.45) is 0 Å². The number of allylic oxidation sites excluding steroid dienone is 2. The molecule has 0 spiro atoms. The zero-order valence-electron chi connectivity index (χ0n) is 36.5. The van der Waals surface area contributed by atoms with E-state index in [0.29, 0.717) is 53.7 Å². The number of aromatic nitrogens is 2. The fraction of sp³-hybridized carbons (Fsp3) is 0.360. The molecule has 324 valence electrons. The average Bonchev–Trinajstić information content (AvgIpc) is 3.86. The van der Waals surface area contributed by atoms with Gasteiger partial charge in [0.15, 0.2) is 11.9 Å². The number of amides is 1. The standard InChI is InChI=1S/C50H48N8O6/c1-6-32-19-36-37(25-60)47-34-12-10-31(21-51)18-40(34)55-49(47)50(4,5)38(36)20-43(32)56-22-29(2)57(30(3)23-56)17-14-46(64)53-16-15-52-39-9-7-8-35-44(27-62)58(45(28-63)48(35)39)42-13-11-33(24-59)54-41(42)26-61/h7-10,12,18-20,29-30,42,52,54-55H,6,11,13-17,22-23H2,1-5H3,(H,53,64). The van der Waals surface area contributed by atoms with Gasteiger partial charge in [-0.2, -0.15) is 5.26 Å². The summed E-state index contributed by atoms with van der Waals surface area (Å²) in [6, 6.07) is 16.8. The highest BCUT2D eigenvalue weighted by Crippen LogP contribution is 2.50. The minimum atomic E-state index is -0.770. The molecule has 2 aliphatic heterocycles. The number of nitriles is 1. The average molecular weight is 857 g/mol. The number of rotatable bonds is 10. The third-order valence-corrected chi connectivity index (χ3v) is 13.3. The SMILES string of the molecule is CCc1cc2c(cc1N1CC(C)N(CCC(=O)NCCNc3cccc4c(=C=O)n(C5CCC(=C=O)NC5=C=O)c(=C=O)c34)C(C)C1)C(C)(C)c1[nH]c3cc(C#N)ccc3c1C2=C=O. The van der Waals surface area contributed by atoms with Gasteiger partial charge in [-0.25, -0.2) is 24.0 Å². The molecule has 14 nitrogen and oxygen atoms in total. The molecule has 2 saturated heterocycles. The lowest BCUT2D eigenvalue weighted by molar-refractivity contribution is -0.121. The van der Waals surface area contributed by atoms with Crippen LogP contribution in [0.4, 0.5) is 11.4 Å². The number of aryl methyl sites for hydroxylation is 1. The number of carbonyl (C=O) groups excluding carboxylic acids is 6. The largest absolute Gasteiger partial charge is 0.383 e. The highest BCUT2D eigenvalue weighted by molar-refractivity contribution is 6.10. The molecule has 1 amide bonds. The molecule has 8 rings (SSSR count). The van der Waals surface area contributed by atoms with Gasteiger partial charge in [-0.1, -0.05) is 39.0 Å². The second-order valence-corrected chi connectivity index (χ2v) is 17.4. The molecule has 0 bridgehead atoms. The second-order valence-electron chi connectivity index (χ2n) is 17.4. The van der Waals surface area contributed by atoms with Gasteiger partial charge < -0.3 is 30.4 Å². The van der Waals surface area contributed by atoms with E-state index >= 15 is 0 Å². The molecular weight excluding hydrogens is 809 g/mol. The maximum absolute atomic E-state index is 13.2. The van der Waals surface area contributed by atoms with Crippen LogP contribution in [0.2, 0.25) is 0 Å². The van der Waals surface area contributed by atoms with Crippen molar-refractivity contribution >= 4 is 74.2 Å². The topological polar surface area (TPSA) is 189 Å². The Bertz CT molecular complexity index is 3130. The molecule has 2 aromatic heterocycles. The maximum atomic E-state index is 13.2. The van der Waals surface area contributed by atoms with E-state index < -0.39 is 11.5 Å². The van der Waals surface area contributed by atoms with E-state index in [0.717, 1.165) is 64.0 Å². The van der Waals surface area contributed by atoms with Gasteiger partial charge in [0.2, 0.25) is 5.91 Å². The molecule has 64 heavy (non-hydrogen) atoms. The van der Waals surface area contributed by atoms with Crippen LogP contribution in [0.15, 0.2) is 59.9 Å². The number of hydrogen-bond acceptors (Lipinski definition) is 11. The van der Waals surface area contributed by atoms with Crippen molar-refractivity contribution in [2.45, 2.75) is 83.8 Å². The van der Waals surface area contributed by atoms with Crippen molar-refractivity contribution in [1.82, 2.24) is 25.1 Å². The quantitative estimate of drug-likeness (QED) is 0.119. The summed E-state index contributed by atoms with van der Waals surface area (Å²) in [5.74, 6) is 9.63. The molecule has 3 unspecified atom stereocenters. The van der Waals surface area contributed by atoms with Gasteiger partial charge in [0, 0.05) is 107 Å². The molecule has 3 aliphatic rings. The molecule has 0 saturated carbocycles. The smallest absolute Gasteiger partial charge is 0.221 e. The fourth-order valence-corrected chi connectivity index (χ4v) is 10.2. The Balaban J connectivity index is 0.920. The molecule has 3 aromatic carbocycles. The number of piperidine rings is 1. The monoisotopic (exact) mass is 856 g/mol. The number of fused-ring (bicyclic) bond motifs is 5. The highest BCUT2D eigenvalue weighted by atomic mass is 16.1. The van der Waals surface area contributed by atoms with E-state index in [1.54, 1.807) is 36.1 Å². The van der Waals surface area contributed by atoms with Gasteiger partial charge in [0.05, 0.1) is 23.2 Å². The first kappa shape index (κ1) is 43.2. The lowest BCUT2D eigenvalue weighted by Crippen LogP contribution is -2.57. The van der Waals surface area contributed by atoms with Crippen LogP contribution >= 0.6 is 0 Å². The Morgan fingerprint density at radius 3 is 2.34 bits per heavy atom. The van der Waals surface area contributed by atoms with Crippen molar-refractivity contribution < 1.29 is 28.8 Å². The Morgan fingerprint density at radius 1 is 0.906 bits per heavy atom. The van der Waals surface area contributed by atoms with Crippen LogP contribution in [-0.2, 0) is 40.6 Å². The van der Waals surface area contributed by atoms with Gasteiger partial charge in [0.25, 0.3) is 0 Å². The van der Waals surface area contributed by atoms with Gasteiger partial charge in [-0.3, -0.25) is 9.69 Å². The van der Waals surface area contributed by atoms with Crippen molar-refractivity contribution in [3.8, 4) is 6.07 Å². The Kier molecular flexibility index (Phi) is 11.7. The van der Waals surface area contributed by atoms with E-state index in [1.807, 2.05) is 24.0 Å². The summed E-state index contributed by atoms with van der Waals surface area (Å²) in [5, 5.41) is 20.4. The Hall–Kier alpha value is -7.43. The molecule has 14 heteroatoms. The normalized spacial score (nSPS) is 19.0. The van der Waals surface area contributed by atoms with Crippen molar-refractivity contribution in [3.05, 3.63) is 104 Å². The van der Waals surface area contributed by atoms with Crippen LogP contribution in [0.25, 0.3) is 27.2 Å². The summed E-state index contributed by atoms with van der Waals surface area (Å²) in [6.07, 6.45) is 1.58. The molecule has 0 radical (unpaired) electrons. The van der Waals surface area contributed by atoms with E-state index in [4.69, 9.17) is 0 Å². The summed E-state index contributed by atoms with van der Waals surface area (Å²) >= 11 is 0. The molecule has 5 aromatic rings. The molecular formula is C50H48N8O6. The predicted octanol–water partition coefficient (Wildman–Crippen LogP) is 3.34. The summed E-state index contributed by atoms with van der Waals surface area (Å²) in [7, 11) is 0. The van der Waals surface area contributed by atoms with Gasteiger partial charge in [-0.15, -0.1) is 0 Å². The van der Waals surface area contributed by atoms with Gasteiger partial charge >= 0.3 is 0 Å². The fourth-order valence-electron chi connectivity index (χ4n) is 10.2. The minimum absolute atomic E-state index is 0.00146. The lowest BCUT2D eigenvalue weighted by Gasteiger charge is -2.46. The van der Waals surface area contributed by atoms with Crippen LogP contribution in [0.5, 0.6) is 0 Å². The summed E-state index contributed by atoms with van der Waals surface area (Å²) in [5.41, 5.74) is 8.15. The summed E-state index contributed by atoms with van der Waals surface area (Å²) in [4.78, 5) is 82.2. The Morgan fingerprint density at radius 2 is 1.67 bits per heavy atom. The Labute approximate surface area is 369 Å². The number of anilines is 2. The molecule has 4 heterocycles. The lowest BCUT2D eigenvalue weighted by atomic mass is 9.69. The highest BCUT2D eigenvalue weighted by Gasteiger charge is 2.40. The number of piperazine rings is 1. The third-order valence-electron chi connectivity index (χ3n) is 13.3. The first-order valence-electron chi connectivity index (χ1n) is 21.6. The minimum Gasteiger partial charge on any atom is -0.383 e. The van der Waals surface area contributed by atoms with Gasteiger partial charge in [-0.05, 0) is 73.7 Å². The van der Waals surface area contributed by atoms with Crippen LogP contribution in [0.1, 0.15) is 93.4 Å². The van der Waals surface area contributed by atoms with Crippen LogP contribution in [0.3, 0.4) is 0 Å². The molecule has 4 N–H and O–H groups in total. The first-order chi connectivity index (χ1) is 30.9. The van der Waals surface area contributed by atoms with Crippen LogP contribution in [-0.4, -0.2) is 94.9 Å². The van der Waals surface area contributed by atoms with E-state index in [2.05, 4.69) is 89.5 Å². The molecule has 3 atom stereocenters. The second kappa shape index (κ2) is 17.4. The van der Waals surface area contributed by atoms with E-state index in [1.165, 1.54) is 4.57 Å². The van der Waals surface area contributed by atoms with Crippen molar-refractivity contribution in [3.63, 3.8) is 0 Å². The predicted molar refractivity (Wildman–Crippen MR) is 244 cm³/mol. The first-order valence-corrected chi connectivity index (χ1v) is 21.6. The number of H-pyrrole nitrogens is 1. The number of benzene rings is 3. The van der Waals surface area contributed by atoms with Crippen molar-refractivity contribution in [2.75, 3.05) is 42.9 Å². The van der Waals surface area contributed by atoms with Crippen LogP contribution in [0, 0.1) is 11.3 Å². The molecule has 1 aliphatic carbocycles. The zero-order valence-corrected chi connectivity index (χ0v) is 36.5. The number of carbonyl (C=O) groups is 1. The molecule has 2 fully saturated rings. The van der Waals surface area contributed by atoms with E-state index in [-0.39, 0.29) is 52.9 Å². The number of nitrogens with one attached hydrogen (secondary N) is 4.